The molecule has 0 unspecified atom stereocenters. The van der Waals surface area contributed by atoms with Gasteiger partial charge in [0.25, 0.3) is 10.1 Å². The summed E-state index contributed by atoms with van der Waals surface area (Å²) >= 11 is 0. The monoisotopic (exact) mass is 371 g/mol. The fourth-order valence-electron chi connectivity index (χ4n) is 1.76. The number of hydrogen-bond acceptors (Lipinski definition) is 4. The van der Waals surface area contributed by atoms with Crippen molar-refractivity contribution in [1.82, 2.24) is 16.0 Å². The molecule has 1 aromatic rings. The summed E-state index contributed by atoms with van der Waals surface area (Å²) < 4.78 is 25.9. The number of benzene rings is 1. The van der Waals surface area contributed by atoms with Gasteiger partial charge in [-0.25, -0.2) is 0 Å². The second-order valence-corrected chi connectivity index (χ2v) is 6.90. The zero-order valence-electron chi connectivity index (χ0n) is 14.8. The van der Waals surface area contributed by atoms with Crippen LogP contribution in [-0.4, -0.2) is 37.7 Å². The van der Waals surface area contributed by atoms with Crippen LogP contribution in [-0.2, 0) is 16.7 Å². The minimum Gasteiger partial charge on any atom is -0.356 e. The van der Waals surface area contributed by atoms with Crippen LogP contribution in [0, 0.1) is 10.8 Å². The van der Waals surface area contributed by atoms with Gasteiger partial charge in [-0.05, 0) is 12.0 Å². The molecule has 0 atom stereocenters. The van der Waals surface area contributed by atoms with Crippen molar-refractivity contribution in [1.29, 1.82) is 10.8 Å². The smallest absolute Gasteiger partial charge is 0.261 e. The Bertz CT molecular complexity index is 597. The molecule has 0 aliphatic rings. The molecule has 1 aromatic carbocycles. The van der Waals surface area contributed by atoms with Gasteiger partial charge < -0.3 is 10.6 Å². The molecular weight excluding hydrogens is 342 g/mol. The van der Waals surface area contributed by atoms with Gasteiger partial charge in [-0.1, -0.05) is 56.5 Å². The van der Waals surface area contributed by atoms with Crippen LogP contribution in [0.4, 0.5) is 0 Å². The molecule has 1 rings (SSSR count). The highest BCUT2D eigenvalue weighted by Gasteiger charge is 2.00. The first-order valence-electron chi connectivity index (χ1n) is 8.10. The SMILES string of the molecule is CCCCCCNC(=N)NC(=N)NCc1ccccc1.CS(=O)(=O)O. The Kier molecular flexibility index (Phi) is 12.1. The van der Waals surface area contributed by atoms with Gasteiger partial charge >= 0.3 is 0 Å². The van der Waals surface area contributed by atoms with Crippen LogP contribution in [0.15, 0.2) is 30.3 Å². The van der Waals surface area contributed by atoms with Crippen LogP contribution >= 0.6 is 0 Å². The van der Waals surface area contributed by atoms with Gasteiger partial charge in [0.1, 0.15) is 0 Å². The van der Waals surface area contributed by atoms with Crippen molar-refractivity contribution in [3.05, 3.63) is 35.9 Å². The van der Waals surface area contributed by atoms with Crippen LogP contribution < -0.4 is 16.0 Å². The normalized spacial score (nSPS) is 10.2. The third kappa shape index (κ3) is 18.1. The fraction of sp³-hybridized carbons (Fsp3) is 0.500. The molecule has 6 N–H and O–H groups in total. The summed E-state index contributed by atoms with van der Waals surface area (Å²) in [6.07, 6.45) is 5.40. The van der Waals surface area contributed by atoms with E-state index >= 15 is 0 Å². The fourth-order valence-corrected chi connectivity index (χ4v) is 1.76. The van der Waals surface area contributed by atoms with E-state index in [0.29, 0.717) is 12.8 Å². The van der Waals surface area contributed by atoms with Gasteiger partial charge in [0, 0.05) is 13.1 Å². The maximum absolute atomic E-state index is 9.19. The Balaban J connectivity index is 0.00000101. The zero-order chi connectivity index (χ0) is 19.1. The van der Waals surface area contributed by atoms with Crippen molar-refractivity contribution in [3.8, 4) is 0 Å². The van der Waals surface area contributed by atoms with Crippen LogP contribution in [0.5, 0.6) is 0 Å². The zero-order valence-corrected chi connectivity index (χ0v) is 15.6. The van der Waals surface area contributed by atoms with Crippen LogP contribution in [0.25, 0.3) is 0 Å². The lowest BCUT2D eigenvalue weighted by molar-refractivity contribution is 0.490. The minimum atomic E-state index is -3.67. The summed E-state index contributed by atoms with van der Waals surface area (Å²) in [4.78, 5) is 0. The quantitative estimate of drug-likeness (QED) is 0.187. The highest BCUT2D eigenvalue weighted by molar-refractivity contribution is 7.85. The highest BCUT2D eigenvalue weighted by atomic mass is 32.2. The lowest BCUT2D eigenvalue weighted by Crippen LogP contribution is -2.45. The summed E-state index contributed by atoms with van der Waals surface area (Å²) in [7, 11) is -3.67. The van der Waals surface area contributed by atoms with Crippen molar-refractivity contribution in [2.24, 2.45) is 0 Å². The third-order valence-electron chi connectivity index (χ3n) is 2.89. The predicted octanol–water partition coefficient (Wildman–Crippen LogP) is 1.91. The second kappa shape index (κ2) is 13.2. The lowest BCUT2D eigenvalue weighted by atomic mass is 10.2. The topological polar surface area (TPSA) is 138 Å². The highest BCUT2D eigenvalue weighted by Crippen LogP contribution is 1.97. The molecule has 9 heteroatoms. The van der Waals surface area contributed by atoms with Crippen molar-refractivity contribution in [2.75, 3.05) is 12.8 Å². The lowest BCUT2D eigenvalue weighted by Gasteiger charge is -2.12. The molecule has 0 aliphatic carbocycles. The average molecular weight is 372 g/mol. The number of hydrogen-bond donors (Lipinski definition) is 6. The van der Waals surface area contributed by atoms with Crippen molar-refractivity contribution in [3.63, 3.8) is 0 Å². The van der Waals surface area contributed by atoms with Crippen molar-refractivity contribution < 1.29 is 13.0 Å². The molecule has 0 spiro atoms. The molecule has 0 radical (unpaired) electrons. The third-order valence-corrected chi connectivity index (χ3v) is 2.89. The molecule has 0 amide bonds. The Hall–Kier alpha value is -2.13. The molecule has 0 fully saturated rings. The van der Waals surface area contributed by atoms with Crippen LogP contribution in [0.2, 0.25) is 0 Å². The maximum Gasteiger partial charge on any atom is 0.261 e. The van der Waals surface area contributed by atoms with Gasteiger partial charge in [0.15, 0.2) is 11.9 Å². The molecule has 8 nitrogen and oxygen atoms in total. The van der Waals surface area contributed by atoms with Crippen molar-refractivity contribution >= 4 is 22.0 Å². The number of nitrogens with one attached hydrogen (secondary N) is 5. The first kappa shape index (κ1) is 22.9. The first-order chi connectivity index (χ1) is 11.7. The number of guanidine groups is 2. The van der Waals surface area contributed by atoms with Gasteiger partial charge in [0.2, 0.25) is 0 Å². The average Bonchev–Trinajstić information content (AvgIpc) is 2.52. The van der Waals surface area contributed by atoms with Crippen LogP contribution in [0.3, 0.4) is 0 Å². The molecule has 0 saturated heterocycles. The van der Waals surface area contributed by atoms with E-state index in [1.807, 2.05) is 30.3 Å². The summed E-state index contributed by atoms with van der Waals surface area (Å²) in [6.45, 7) is 3.53. The summed E-state index contributed by atoms with van der Waals surface area (Å²) in [5.74, 6) is 0.312. The number of rotatable bonds is 7. The van der Waals surface area contributed by atoms with Crippen molar-refractivity contribution in [2.45, 2.75) is 39.2 Å². The number of unbranched alkanes of at least 4 members (excludes halogenated alkanes) is 3. The Morgan fingerprint density at radius 2 is 1.60 bits per heavy atom. The molecule has 0 heterocycles. The molecule has 25 heavy (non-hydrogen) atoms. The summed E-state index contributed by atoms with van der Waals surface area (Å²) in [5, 5.41) is 24.0. The molecule has 0 aromatic heterocycles. The molecule has 0 bridgehead atoms. The second-order valence-electron chi connectivity index (χ2n) is 5.43. The minimum absolute atomic E-state index is 0.139. The molecular formula is C16H29N5O3S. The van der Waals surface area contributed by atoms with E-state index in [4.69, 9.17) is 15.4 Å². The molecule has 142 valence electrons. The van der Waals surface area contributed by atoms with E-state index in [-0.39, 0.29) is 11.9 Å². The summed E-state index contributed by atoms with van der Waals surface area (Å²) in [6, 6.07) is 9.89. The van der Waals surface area contributed by atoms with Gasteiger partial charge in [-0.2, -0.15) is 8.42 Å². The Labute approximate surface area is 150 Å². The predicted molar refractivity (Wildman–Crippen MR) is 101 cm³/mol. The molecule has 0 aliphatic heterocycles. The van der Waals surface area contributed by atoms with E-state index in [0.717, 1.165) is 18.5 Å². The van der Waals surface area contributed by atoms with E-state index in [1.165, 1.54) is 19.3 Å². The largest absolute Gasteiger partial charge is 0.356 e. The van der Waals surface area contributed by atoms with Crippen LogP contribution in [0.1, 0.15) is 38.2 Å². The van der Waals surface area contributed by atoms with E-state index in [9.17, 15) is 8.42 Å². The standard InChI is InChI=1S/C15H25N5.CH4O3S/c1-2-3-4-8-11-18-14(16)20-15(17)19-12-13-9-6-5-7-10-13;1-5(2,3)4/h5-7,9-10H,2-4,8,11-12H2,1H3,(H5,16,17,18,19,20);1H3,(H,2,3,4). The Morgan fingerprint density at radius 3 is 2.16 bits per heavy atom. The maximum atomic E-state index is 9.19. The van der Waals surface area contributed by atoms with E-state index in [1.54, 1.807) is 0 Å². The van der Waals surface area contributed by atoms with Gasteiger partial charge in [0.05, 0.1) is 6.26 Å². The van der Waals surface area contributed by atoms with E-state index < -0.39 is 10.1 Å². The molecule has 0 saturated carbocycles. The van der Waals surface area contributed by atoms with Gasteiger partial charge in [-0.15, -0.1) is 0 Å². The van der Waals surface area contributed by atoms with E-state index in [2.05, 4.69) is 22.9 Å². The van der Waals surface area contributed by atoms with Gasteiger partial charge in [-0.3, -0.25) is 20.7 Å². The Morgan fingerprint density at radius 1 is 1.04 bits per heavy atom. The summed E-state index contributed by atoms with van der Waals surface area (Å²) in [5.41, 5.74) is 1.11. The first-order valence-corrected chi connectivity index (χ1v) is 9.95.